The van der Waals surface area contributed by atoms with Gasteiger partial charge in [-0.2, -0.15) is 15.1 Å². The molecule has 210 valence electrons. The molecule has 6 heterocycles. The zero-order valence-electron chi connectivity index (χ0n) is 22.8. The zero-order valence-corrected chi connectivity index (χ0v) is 22.8. The maximum Gasteiger partial charge on any atom is 0.231 e. The van der Waals surface area contributed by atoms with Gasteiger partial charge in [0.05, 0.1) is 36.5 Å². The largest absolute Gasteiger partial charge is 0.381 e. The lowest BCUT2D eigenvalue weighted by Crippen LogP contribution is -2.46. The summed E-state index contributed by atoms with van der Waals surface area (Å²) >= 11 is 0. The van der Waals surface area contributed by atoms with Crippen LogP contribution in [0.5, 0.6) is 0 Å². The molecule has 0 radical (unpaired) electrons. The molecule has 0 atom stereocenters. The summed E-state index contributed by atoms with van der Waals surface area (Å²) in [6, 6.07) is 5.42. The normalized spacial score (nSPS) is 22.9. The number of morpholine rings is 1. The van der Waals surface area contributed by atoms with Crippen LogP contribution in [0.2, 0.25) is 0 Å². The first-order chi connectivity index (χ1) is 19.8. The highest BCUT2D eigenvalue weighted by Crippen LogP contribution is 2.35. The van der Waals surface area contributed by atoms with Gasteiger partial charge in [0, 0.05) is 68.7 Å². The van der Waals surface area contributed by atoms with Crippen molar-refractivity contribution in [2.45, 2.75) is 56.7 Å². The van der Waals surface area contributed by atoms with Crippen molar-refractivity contribution in [2.75, 3.05) is 50.2 Å². The van der Waals surface area contributed by atoms with Gasteiger partial charge in [0.2, 0.25) is 5.95 Å². The first-order valence-electron chi connectivity index (χ1n) is 14.6. The fraction of sp³-hybridized carbons (Fsp3) is 0.517. The van der Waals surface area contributed by atoms with E-state index >= 15 is 0 Å². The fourth-order valence-corrected chi connectivity index (χ4v) is 6.35. The Hall–Kier alpha value is -3.54. The molecule has 0 aromatic carbocycles. The number of pyridine rings is 1. The average Bonchev–Trinajstić information content (AvgIpc) is 3.67. The summed E-state index contributed by atoms with van der Waals surface area (Å²) in [6.45, 7) is 5.37. The molecule has 11 nitrogen and oxygen atoms in total. The van der Waals surface area contributed by atoms with Crippen molar-refractivity contribution in [3.05, 3.63) is 43.1 Å². The molecule has 7 rings (SSSR count). The summed E-state index contributed by atoms with van der Waals surface area (Å²) in [6.07, 6.45) is 16.1. The van der Waals surface area contributed by atoms with Gasteiger partial charge < -0.3 is 25.1 Å². The van der Waals surface area contributed by atoms with Gasteiger partial charge in [-0.05, 0) is 56.2 Å². The van der Waals surface area contributed by atoms with Crippen molar-refractivity contribution in [2.24, 2.45) is 0 Å². The standard InChI is InChI=1S/C29H37N9O2/c1-3-23(37-11-15-40-16-12-37)4-2-21(1)33-28-26-25(20-5-9-30-10-6-20)18-31-27(26)35-29(36-28)34-22-17-32-38(19-22)24-7-13-39-14-8-24/h5-6,9-10,17-19,21,23-24H,1-4,7-8,11-16H2,(H3,31,33,34,35,36). The monoisotopic (exact) mass is 543 g/mol. The highest BCUT2D eigenvalue weighted by Gasteiger charge is 2.28. The third-order valence-corrected chi connectivity index (χ3v) is 8.55. The minimum atomic E-state index is 0.361. The van der Waals surface area contributed by atoms with Gasteiger partial charge >= 0.3 is 0 Å². The number of aromatic amines is 1. The number of aromatic nitrogens is 6. The molecular weight excluding hydrogens is 506 g/mol. The zero-order chi connectivity index (χ0) is 26.7. The highest BCUT2D eigenvalue weighted by atomic mass is 16.5. The smallest absolute Gasteiger partial charge is 0.231 e. The molecule has 2 aliphatic heterocycles. The average molecular weight is 544 g/mol. The SMILES string of the molecule is c1cc(-c2c[nH]c3nc(Nc4cnn(C5CCOCC5)c4)nc(NC4CCC(N5CCOCC5)CC4)c23)ccn1. The predicted molar refractivity (Wildman–Crippen MR) is 154 cm³/mol. The van der Waals surface area contributed by atoms with Gasteiger partial charge in [-0.15, -0.1) is 0 Å². The molecule has 0 unspecified atom stereocenters. The minimum absolute atomic E-state index is 0.361. The second-order valence-corrected chi connectivity index (χ2v) is 11.0. The Labute approximate surface area is 233 Å². The molecule has 3 fully saturated rings. The van der Waals surface area contributed by atoms with Crippen molar-refractivity contribution in [3.63, 3.8) is 0 Å². The van der Waals surface area contributed by atoms with Gasteiger partial charge in [0.25, 0.3) is 0 Å². The molecule has 0 spiro atoms. The Bertz CT molecular complexity index is 1400. The summed E-state index contributed by atoms with van der Waals surface area (Å²) < 4.78 is 13.1. The van der Waals surface area contributed by atoms with E-state index in [2.05, 4.69) is 30.6 Å². The van der Waals surface area contributed by atoms with E-state index in [1.54, 1.807) is 0 Å². The minimum Gasteiger partial charge on any atom is -0.381 e. The van der Waals surface area contributed by atoms with E-state index < -0.39 is 0 Å². The van der Waals surface area contributed by atoms with Gasteiger partial charge in [0.1, 0.15) is 11.5 Å². The van der Waals surface area contributed by atoms with Crippen molar-refractivity contribution < 1.29 is 9.47 Å². The topological polar surface area (TPSA) is 118 Å². The van der Waals surface area contributed by atoms with Crippen molar-refractivity contribution >= 4 is 28.5 Å². The first kappa shape index (κ1) is 25.4. The molecule has 11 heteroatoms. The van der Waals surface area contributed by atoms with Crippen LogP contribution >= 0.6 is 0 Å². The molecule has 40 heavy (non-hydrogen) atoms. The molecule has 2 saturated heterocycles. The van der Waals surface area contributed by atoms with Crippen LogP contribution in [0.3, 0.4) is 0 Å². The predicted octanol–water partition coefficient (Wildman–Crippen LogP) is 4.37. The number of hydrogen-bond donors (Lipinski definition) is 3. The molecule has 3 N–H and O–H groups in total. The summed E-state index contributed by atoms with van der Waals surface area (Å²) in [5, 5.41) is 12.8. The van der Waals surface area contributed by atoms with E-state index in [1.165, 1.54) is 12.8 Å². The van der Waals surface area contributed by atoms with E-state index in [0.29, 0.717) is 24.1 Å². The number of H-pyrrole nitrogens is 1. The maximum absolute atomic E-state index is 5.57. The number of hydrogen-bond acceptors (Lipinski definition) is 9. The number of anilines is 3. The third-order valence-electron chi connectivity index (χ3n) is 8.55. The fourth-order valence-electron chi connectivity index (χ4n) is 6.35. The van der Waals surface area contributed by atoms with E-state index in [1.807, 2.05) is 47.8 Å². The lowest BCUT2D eigenvalue weighted by molar-refractivity contribution is 0.00791. The molecule has 1 saturated carbocycles. The Morgan fingerprint density at radius 2 is 1.65 bits per heavy atom. The van der Waals surface area contributed by atoms with Gasteiger partial charge in [0.15, 0.2) is 0 Å². The van der Waals surface area contributed by atoms with Crippen LogP contribution in [-0.4, -0.2) is 86.2 Å². The lowest BCUT2D eigenvalue weighted by Gasteiger charge is -2.39. The summed E-state index contributed by atoms with van der Waals surface area (Å²) in [5.74, 6) is 1.40. The number of nitrogens with zero attached hydrogens (tertiary/aromatic N) is 6. The highest BCUT2D eigenvalue weighted by molar-refractivity contribution is 6.01. The molecule has 0 bridgehead atoms. The molecule has 4 aromatic rings. The Kier molecular flexibility index (Phi) is 7.32. The summed E-state index contributed by atoms with van der Waals surface area (Å²) in [5.41, 5.74) is 3.83. The van der Waals surface area contributed by atoms with Gasteiger partial charge in [-0.3, -0.25) is 14.6 Å². The molecule has 0 amide bonds. The van der Waals surface area contributed by atoms with Crippen molar-refractivity contribution in [3.8, 4) is 11.1 Å². The molecule has 3 aliphatic rings. The second-order valence-electron chi connectivity index (χ2n) is 11.0. The summed E-state index contributed by atoms with van der Waals surface area (Å²) in [4.78, 5) is 20.1. The van der Waals surface area contributed by atoms with Crippen molar-refractivity contribution in [1.29, 1.82) is 0 Å². The van der Waals surface area contributed by atoms with Crippen LogP contribution < -0.4 is 10.6 Å². The van der Waals surface area contributed by atoms with E-state index in [4.69, 9.17) is 19.4 Å². The Balaban J connectivity index is 1.14. The number of fused-ring (bicyclic) bond motifs is 1. The quantitative estimate of drug-likeness (QED) is 0.312. The van der Waals surface area contributed by atoms with Crippen LogP contribution in [0.4, 0.5) is 17.5 Å². The Morgan fingerprint density at radius 1 is 0.875 bits per heavy atom. The number of rotatable bonds is 7. The van der Waals surface area contributed by atoms with Crippen molar-refractivity contribution in [1.82, 2.24) is 34.6 Å². The molecule has 1 aliphatic carbocycles. The maximum atomic E-state index is 5.57. The van der Waals surface area contributed by atoms with Gasteiger partial charge in [-0.25, -0.2) is 0 Å². The lowest BCUT2D eigenvalue weighted by atomic mass is 9.90. The van der Waals surface area contributed by atoms with E-state index in [0.717, 1.165) is 98.9 Å². The Morgan fingerprint density at radius 3 is 2.45 bits per heavy atom. The van der Waals surface area contributed by atoms with Crippen LogP contribution in [0.1, 0.15) is 44.6 Å². The molecule has 4 aromatic heterocycles. The van der Waals surface area contributed by atoms with Crippen LogP contribution in [0, 0.1) is 0 Å². The van der Waals surface area contributed by atoms with Crippen LogP contribution in [-0.2, 0) is 9.47 Å². The van der Waals surface area contributed by atoms with Gasteiger partial charge in [-0.1, -0.05) is 0 Å². The van der Waals surface area contributed by atoms with E-state index in [9.17, 15) is 0 Å². The number of ether oxygens (including phenoxy) is 2. The first-order valence-corrected chi connectivity index (χ1v) is 14.6. The summed E-state index contributed by atoms with van der Waals surface area (Å²) in [7, 11) is 0. The second kappa shape index (κ2) is 11.5. The molecular formula is C29H37N9O2. The third kappa shape index (κ3) is 5.41. The number of nitrogens with one attached hydrogen (secondary N) is 3. The van der Waals surface area contributed by atoms with E-state index in [-0.39, 0.29) is 0 Å². The van der Waals surface area contributed by atoms with Crippen LogP contribution in [0.25, 0.3) is 22.2 Å². The van der Waals surface area contributed by atoms with Crippen LogP contribution in [0.15, 0.2) is 43.1 Å².